The maximum absolute atomic E-state index is 12.9. The lowest BCUT2D eigenvalue weighted by atomic mass is 9.99. The quantitative estimate of drug-likeness (QED) is 0.638. The number of methoxy groups -OCH3 is 2. The van der Waals surface area contributed by atoms with Crippen molar-refractivity contribution in [2.45, 2.75) is 19.4 Å². The van der Waals surface area contributed by atoms with E-state index in [0.29, 0.717) is 17.9 Å². The first kappa shape index (κ1) is 21.1. The summed E-state index contributed by atoms with van der Waals surface area (Å²) in [6.45, 7) is 0.859. The van der Waals surface area contributed by atoms with E-state index in [1.165, 1.54) is 11.1 Å². The Morgan fingerprint density at radius 2 is 1.83 bits per heavy atom. The van der Waals surface area contributed by atoms with E-state index >= 15 is 0 Å². The Morgan fingerprint density at radius 1 is 1.10 bits per heavy atom. The summed E-state index contributed by atoms with van der Waals surface area (Å²) in [5, 5.41) is 0. The highest BCUT2D eigenvalue weighted by Crippen LogP contribution is 2.37. The van der Waals surface area contributed by atoms with E-state index in [1.807, 2.05) is 12.1 Å². The van der Waals surface area contributed by atoms with Gasteiger partial charge in [-0.25, -0.2) is 4.58 Å². The number of Topliss-reactive ketones (excluding diaryl/α,β-unsaturated/α-hetero) is 1. The van der Waals surface area contributed by atoms with E-state index in [2.05, 4.69) is 53.4 Å². The largest absolute Gasteiger partial charge is 1.00 e. The lowest BCUT2D eigenvalue weighted by Gasteiger charge is -2.09. The number of ketones is 1. The predicted molar refractivity (Wildman–Crippen MR) is 109 cm³/mol. The summed E-state index contributed by atoms with van der Waals surface area (Å²) in [7, 11) is 3.21. The molecule has 1 aliphatic carbocycles. The van der Waals surface area contributed by atoms with E-state index in [-0.39, 0.29) is 28.7 Å². The molecular weight excluding hydrogens is 430 g/mol. The number of hydrogen-bond donors (Lipinski definition) is 0. The molecular formula is C24H24BrNO3. The molecule has 0 aromatic heterocycles. The molecule has 0 N–H and O–H groups in total. The van der Waals surface area contributed by atoms with Crippen molar-refractivity contribution in [2.24, 2.45) is 5.92 Å². The number of nitrogens with zero attached hydrogens (tertiary/aromatic N) is 1. The summed E-state index contributed by atoms with van der Waals surface area (Å²) >= 11 is 0. The summed E-state index contributed by atoms with van der Waals surface area (Å²) in [5.74, 6) is 1.30. The van der Waals surface area contributed by atoms with E-state index < -0.39 is 0 Å². The number of carbonyl (C=O) groups excluding carboxylic acids is 1. The van der Waals surface area contributed by atoms with Crippen LogP contribution >= 0.6 is 0 Å². The van der Waals surface area contributed by atoms with Gasteiger partial charge >= 0.3 is 0 Å². The third kappa shape index (κ3) is 4.51. The Hall–Kier alpha value is -2.66. The maximum Gasteiger partial charge on any atom is 0.173 e. The summed E-state index contributed by atoms with van der Waals surface area (Å²) < 4.78 is 12.9. The Bertz CT molecular complexity index is 993. The third-order valence-electron chi connectivity index (χ3n) is 5.32. The molecule has 0 bridgehead atoms. The average Bonchev–Trinajstić information content (AvgIpc) is 3.03. The molecule has 0 spiro atoms. The van der Waals surface area contributed by atoms with Crippen LogP contribution in [0.5, 0.6) is 11.5 Å². The number of rotatable bonds is 5. The molecule has 2 aromatic rings. The van der Waals surface area contributed by atoms with Crippen LogP contribution in [-0.4, -0.2) is 30.8 Å². The summed E-state index contributed by atoms with van der Waals surface area (Å²) in [4.78, 5) is 12.9. The Balaban J connectivity index is 0.00000240. The Labute approximate surface area is 181 Å². The molecule has 2 aliphatic rings. The monoisotopic (exact) mass is 453 g/mol. The zero-order valence-corrected chi connectivity index (χ0v) is 18.2. The topological polar surface area (TPSA) is 38.5 Å². The van der Waals surface area contributed by atoms with E-state index in [1.54, 1.807) is 20.3 Å². The van der Waals surface area contributed by atoms with Gasteiger partial charge in [-0.05, 0) is 29.7 Å². The molecule has 0 saturated heterocycles. The van der Waals surface area contributed by atoms with Gasteiger partial charge in [0.05, 0.1) is 20.6 Å². The zero-order valence-electron chi connectivity index (χ0n) is 16.6. The van der Waals surface area contributed by atoms with Gasteiger partial charge in [-0.1, -0.05) is 36.4 Å². The van der Waals surface area contributed by atoms with Crippen LogP contribution in [0.3, 0.4) is 0 Å². The SMILES string of the molecule is COc1cc2c(cc1OC)C(=O)C(C=C1C=C[N+](Cc3ccccc3)=CC1)C2.[Br-]. The summed E-state index contributed by atoms with van der Waals surface area (Å²) in [6, 6.07) is 14.1. The van der Waals surface area contributed by atoms with Gasteiger partial charge in [-0.2, -0.15) is 0 Å². The fraction of sp³-hybridized carbons (Fsp3) is 0.250. The minimum absolute atomic E-state index is 0. The second kappa shape index (κ2) is 9.23. The highest BCUT2D eigenvalue weighted by Gasteiger charge is 2.31. The van der Waals surface area contributed by atoms with E-state index in [0.717, 1.165) is 24.1 Å². The van der Waals surface area contributed by atoms with Crippen LogP contribution < -0.4 is 26.5 Å². The molecule has 0 radical (unpaired) electrons. The van der Waals surface area contributed by atoms with Gasteiger partial charge in [0.1, 0.15) is 6.21 Å². The number of hydrogen-bond acceptors (Lipinski definition) is 3. The van der Waals surface area contributed by atoms with Gasteiger partial charge < -0.3 is 26.5 Å². The molecule has 1 unspecified atom stereocenters. The van der Waals surface area contributed by atoms with Crippen LogP contribution in [0.1, 0.15) is 27.9 Å². The van der Waals surface area contributed by atoms with Crippen molar-refractivity contribution >= 4 is 12.0 Å². The Kier molecular flexibility index (Phi) is 6.70. The molecule has 29 heavy (non-hydrogen) atoms. The van der Waals surface area contributed by atoms with Gasteiger partial charge in [0, 0.05) is 23.1 Å². The standard InChI is InChI=1S/C24H24NO3.BrH/c1-27-22-14-19-13-20(24(26)21(19)15-23(22)28-2)12-17-8-10-25(11-9-17)16-18-6-4-3-5-7-18;/h3-8,10-12,14-15,20H,9,13,16H2,1-2H3;1H/q+1;/p-1. The second-order valence-corrected chi connectivity index (χ2v) is 7.14. The second-order valence-electron chi connectivity index (χ2n) is 7.14. The van der Waals surface area contributed by atoms with Gasteiger partial charge in [0.25, 0.3) is 0 Å². The van der Waals surface area contributed by atoms with E-state index in [9.17, 15) is 4.79 Å². The van der Waals surface area contributed by atoms with Gasteiger partial charge in [0.15, 0.2) is 30.0 Å². The third-order valence-corrected chi connectivity index (χ3v) is 5.32. The average molecular weight is 454 g/mol. The van der Waals surface area contributed by atoms with Crippen LogP contribution in [0.2, 0.25) is 0 Å². The number of carbonyl (C=O) groups is 1. The number of fused-ring (bicyclic) bond motifs is 1. The predicted octanol–water partition coefficient (Wildman–Crippen LogP) is 1.19. The minimum Gasteiger partial charge on any atom is -1.00 e. The van der Waals surface area contributed by atoms with Crippen molar-refractivity contribution in [3.63, 3.8) is 0 Å². The number of halogens is 1. The van der Waals surface area contributed by atoms with Crippen molar-refractivity contribution in [1.82, 2.24) is 0 Å². The fourth-order valence-electron chi connectivity index (χ4n) is 3.82. The molecule has 4 rings (SSSR count). The molecule has 0 amide bonds. The zero-order chi connectivity index (χ0) is 19.5. The lowest BCUT2D eigenvalue weighted by Crippen LogP contribution is -3.00. The first-order valence-corrected chi connectivity index (χ1v) is 9.49. The first-order chi connectivity index (χ1) is 13.7. The Morgan fingerprint density at radius 3 is 2.48 bits per heavy atom. The first-order valence-electron chi connectivity index (χ1n) is 9.49. The van der Waals surface area contributed by atoms with E-state index in [4.69, 9.17) is 9.47 Å². The smallest absolute Gasteiger partial charge is 0.173 e. The normalized spacial score (nSPS) is 18.8. The highest BCUT2D eigenvalue weighted by atomic mass is 79.9. The van der Waals surface area contributed by atoms with Crippen LogP contribution in [0.15, 0.2) is 66.4 Å². The molecule has 0 fully saturated rings. The van der Waals surface area contributed by atoms with Crippen LogP contribution in [-0.2, 0) is 13.0 Å². The molecule has 1 heterocycles. The van der Waals surface area contributed by atoms with Crippen molar-refractivity contribution in [1.29, 1.82) is 0 Å². The maximum atomic E-state index is 12.9. The minimum atomic E-state index is -0.125. The molecule has 0 saturated carbocycles. The van der Waals surface area contributed by atoms with Crippen molar-refractivity contribution < 1.29 is 35.8 Å². The van der Waals surface area contributed by atoms with Crippen LogP contribution in [0, 0.1) is 5.92 Å². The van der Waals surface area contributed by atoms with Crippen LogP contribution in [0.25, 0.3) is 0 Å². The van der Waals surface area contributed by atoms with Gasteiger partial charge in [0.2, 0.25) is 0 Å². The number of allylic oxidation sites excluding steroid dienone is 3. The molecule has 1 aliphatic heterocycles. The fourth-order valence-corrected chi connectivity index (χ4v) is 3.82. The molecule has 1 atom stereocenters. The molecule has 4 nitrogen and oxygen atoms in total. The van der Waals surface area contributed by atoms with Gasteiger partial charge in [-0.15, -0.1) is 0 Å². The van der Waals surface area contributed by atoms with Crippen molar-refractivity contribution in [3.8, 4) is 11.5 Å². The number of ether oxygens (including phenoxy) is 2. The van der Waals surface area contributed by atoms with Crippen molar-refractivity contribution in [3.05, 3.63) is 83.1 Å². The van der Waals surface area contributed by atoms with Gasteiger partial charge in [-0.3, -0.25) is 4.79 Å². The number of benzene rings is 2. The highest BCUT2D eigenvalue weighted by molar-refractivity contribution is 6.04. The molecule has 2 aromatic carbocycles. The molecule has 150 valence electrons. The van der Waals surface area contributed by atoms with Crippen molar-refractivity contribution in [2.75, 3.05) is 14.2 Å². The lowest BCUT2D eigenvalue weighted by molar-refractivity contribution is -0.471. The summed E-state index contributed by atoms with van der Waals surface area (Å²) in [5.41, 5.74) is 4.22. The molecule has 5 heteroatoms. The summed E-state index contributed by atoms with van der Waals surface area (Å²) in [6.07, 6.45) is 10.0. The van der Waals surface area contributed by atoms with Crippen LogP contribution in [0.4, 0.5) is 0 Å².